The van der Waals surface area contributed by atoms with Crippen LogP contribution in [0.2, 0.25) is 0 Å². The predicted molar refractivity (Wildman–Crippen MR) is 116 cm³/mol. The Bertz CT molecular complexity index is 1410. The minimum absolute atomic E-state index is 0.0829. The second-order valence-corrected chi connectivity index (χ2v) is 8.37. The molecule has 1 heterocycles. The van der Waals surface area contributed by atoms with Gasteiger partial charge in [-0.05, 0) is 53.4 Å². The van der Waals surface area contributed by atoms with Crippen LogP contribution in [0.1, 0.15) is 52.4 Å². The van der Waals surface area contributed by atoms with Crippen LogP contribution < -0.4 is 5.73 Å². The molecule has 0 aliphatic carbocycles. The van der Waals surface area contributed by atoms with E-state index in [1.54, 1.807) is 28.8 Å². The number of hydrogen-bond donors (Lipinski definition) is 1. The topological polar surface area (TPSA) is 48.0 Å². The van der Waals surface area contributed by atoms with Gasteiger partial charge in [0.05, 0.1) is 22.2 Å². The number of carbonyl (C=O) groups is 1. The van der Waals surface area contributed by atoms with Crippen LogP contribution in [-0.4, -0.2) is 10.5 Å². The molecule has 1 aromatic heterocycles. The van der Waals surface area contributed by atoms with E-state index in [1.807, 2.05) is 13.8 Å². The van der Waals surface area contributed by atoms with E-state index in [0.29, 0.717) is 27.9 Å². The predicted octanol–water partition coefficient (Wildman–Crippen LogP) is 6.90. The number of carbonyl (C=O) groups excluding carboxylic acids is 1. The summed E-state index contributed by atoms with van der Waals surface area (Å²) in [5, 5.41) is 0.926. The van der Waals surface area contributed by atoms with Gasteiger partial charge in [-0.15, -0.1) is 0 Å². The number of nitrogens with zero attached hydrogens (tertiary/aromatic N) is 1. The van der Waals surface area contributed by atoms with E-state index in [9.17, 15) is 31.1 Å². The van der Waals surface area contributed by atoms with Crippen LogP contribution in [0.4, 0.5) is 26.3 Å². The van der Waals surface area contributed by atoms with Gasteiger partial charge in [-0.3, -0.25) is 4.79 Å². The molecule has 1 amide bonds. The molecule has 0 unspecified atom stereocenters. The molecular weight excluding hydrogens is 458 g/mol. The highest BCUT2D eigenvalue weighted by Gasteiger charge is 2.38. The van der Waals surface area contributed by atoms with Crippen molar-refractivity contribution in [2.24, 2.45) is 5.73 Å². The van der Waals surface area contributed by atoms with Crippen LogP contribution in [0.5, 0.6) is 0 Å². The molecule has 0 aliphatic rings. The molecule has 4 rings (SSSR count). The van der Waals surface area contributed by atoms with E-state index < -0.39 is 29.4 Å². The van der Waals surface area contributed by atoms with Gasteiger partial charge in [0, 0.05) is 22.9 Å². The summed E-state index contributed by atoms with van der Waals surface area (Å²) in [6, 6.07) is 13.0. The van der Waals surface area contributed by atoms with Crippen LogP contribution in [-0.2, 0) is 18.9 Å². The average molecular weight is 477 g/mol. The molecule has 0 saturated carbocycles. The quantitative estimate of drug-likeness (QED) is 0.319. The van der Waals surface area contributed by atoms with Crippen molar-refractivity contribution in [3.8, 4) is 0 Å². The van der Waals surface area contributed by atoms with Gasteiger partial charge in [0.15, 0.2) is 0 Å². The van der Waals surface area contributed by atoms with Gasteiger partial charge in [-0.2, -0.15) is 26.3 Å². The molecule has 34 heavy (non-hydrogen) atoms. The van der Waals surface area contributed by atoms with Crippen molar-refractivity contribution >= 4 is 27.7 Å². The average Bonchev–Trinajstić information content (AvgIpc) is 3.05. The van der Waals surface area contributed by atoms with Crippen molar-refractivity contribution in [2.45, 2.75) is 38.7 Å². The molecule has 3 aromatic carbocycles. The van der Waals surface area contributed by atoms with E-state index in [0.717, 1.165) is 11.6 Å². The summed E-state index contributed by atoms with van der Waals surface area (Å²) in [4.78, 5) is 12.1. The second kappa shape index (κ2) is 8.07. The number of alkyl halides is 6. The van der Waals surface area contributed by atoms with Crippen LogP contribution in [0.15, 0.2) is 48.5 Å². The molecule has 0 saturated heterocycles. The summed E-state index contributed by atoms with van der Waals surface area (Å²) in [6.07, 6.45) is -9.91. The van der Waals surface area contributed by atoms with Crippen molar-refractivity contribution in [1.82, 2.24) is 4.57 Å². The summed E-state index contributed by atoms with van der Waals surface area (Å²) < 4.78 is 82.2. The molecule has 177 valence electrons. The van der Waals surface area contributed by atoms with Crippen molar-refractivity contribution < 1.29 is 31.1 Å². The fourth-order valence-electron chi connectivity index (χ4n) is 4.11. The molecule has 9 heteroatoms. The Balaban J connectivity index is 2.02. The van der Waals surface area contributed by atoms with Gasteiger partial charge in [-0.25, -0.2) is 0 Å². The minimum Gasteiger partial charge on any atom is -0.366 e. The zero-order valence-electron chi connectivity index (χ0n) is 18.1. The summed E-state index contributed by atoms with van der Waals surface area (Å²) in [5.74, 6) is -0.629. The zero-order valence-corrected chi connectivity index (χ0v) is 18.1. The number of halogens is 6. The first-order valence-corrected chi connectivity index (χ1v) is 10.3. The number of nitrogens with two attached hydrogens (primary N) is 1. The smallest absolute Gasteiger partial charge is 0.366 e. The number of amides is 1. The second-order valence-electron chi connectivity index (χ2n) is 8.37. The van der Waals surface area contributed by atoms with Gasteiger partial charge in [0.2, 0.25) is 5.91 Å². The summed E-state index contributed by atoms with van der Waals surface area (Å²) in [5.41, 5.74) is 4.42. The first-order chi connectivity index (χ1) is 15.8. The lowest BCUT2D eigenvalue weighted by atomic mass is 10.00. The molecule has 2 N–H and O–H groups in total. The van der Waals surface area contributed by atoms with Gasteiger partial charge in [-0.1, -0.05) is 32.0 Å². The van der Waals surface area contributed by atoms with Crippen molar-refractivity contribution in [1.29, 1.82) is 0 Å². The number of primary amides is 1. The Hall–Kier alpha value is -3.49. The van der Waals surface area contributed by atoms with Crippen LogP contribution in [0, 0.1) is 6.07 Å². The number of hydrogen-bond acceptors (Lipinski definition) is 1. The third-order valence-electron chi connectivity index (χ3n) is 5.82. The van der Waals surface area contributed by atoms with E-state index in [2.05, 4.69) is 6.07 Å². The Morgan fingerprint density at radius 2 is 1.71 bits per heavy atom. The Morgan fingerprint density at radius 3 is 2.29 bits per heavy atom. The number of fused-ring (bicyclic) bond motifs is 3. The van der Waals surface area contributed by atoms with E-state index in [4.69, 9.17) is 5.73 Å². The normalized spacial score (nSPS) is 12.7. The highest BCUT2D eigenvalue weighted by atomic mass is 19.4. The SMILES string of the molecule is CC(C)c1c[c]c2c3c(C(N)=O)cccc3n(Cc3ccc(C(F)(F)F)cc3C(F)(F)F)c2c1. The molecule has 0 atom stereocenters. The van der Waals surface area contributed by atoms with E-state index in [-0.39, 0.29) is 29.7 Å². The third kappa shape index (κ3) is 4.10. The maximum absolute atomic E-state index is 13.8. The molecule has 0 spiro atoms. The monoisotopic (exact) mass is 477 g/mol. The Kier molecular flexibility index (Phi) is 5.62. The third-order valence-corrected chi connectivity index (χ3v) is 5.82. The first kappa shape index (κ1) is 23.7. The highest BCUT2D eigenvalue weighted by Crippen LogP contribution is 2.39. The Morgan fingerprint density at radius 1 is 1.00 bits per heavy atom. The molecule has 0 fully saturated rings. The summed E-state index contributed by atoms with van der Waals surface area (Å²) >= 11 is 0. The minimum atomic E-state index is -5.00. The van der Waals surface area contributed by atoms with E-state index >= 15 is 0 Å². The highest BCUT2D eigenvalue weighted by molar-refractivity contribution is 6.17. The fraction of sp³-hybridized carbons (Fsp3) is 0.240. The van der Waals surface area contributed by atoms with Gasteiger partial charge in [0.25, 0.3) is 0 Å². The van der Waals surface area contributed by atoms with Crippen LogP contribution in [0.25, 0.3) is 21.8 Å². The van der Waals surface area contributed by atoms with Gasteiger partial charge in [0.1, 0.15) is 0 Å². The molecule has 0 aliphatic heterocycles. The summed E-state index contributed by atoms with van der Waals surface area (Å²) in [6.45, 7) is 3.51. The lowest BCUT2D eigenvalue weighted by Gasteiger charge is -2.17. The molecule has 3 nitrogen and oxygen atoms in total. The van der Waals surface area contributed by atoms with Gasteiger partial charge >= 0.3 is 12.4 Å². The van der Waals surface area contributed by atoms with Gasteiger partial charge < -0.3 is 10.3 Å². The number of rotatable bonds is 4. The molecule has 0 bridgehead atoms. The van der Waals surface area contributed by atoms with Crippen molar-refractivity contribution in [3.05, 3.63) is 82.4 Å². The lowest BCUT2D eigenvalue weighted by molar-refractivity contribution is -0.143. The fourth-order valence-corrected chi connectivity index (χ4v) is 4.11. The summed E-state index contributed by atoms with van der Waals surface area (Å²) in [7, 11) is 0. The lowest BCUT2D eigenvalue weighted by Crippen LogP contribution is -2.15. The Labute approximate surface area is 190 Å². The zero-order chi connectivity index (χ0) is 25.0. The van der Waals surface area contributed by atoms with Crippen molar-refractivity contribution in [3.63, 3.8) is 0 Å². The number of aromatic nitrogens is 1. The maximum Gasteiger partial charge on any atom is 0.416 e. The maximum atomic E-state index is 13.8. The molecule has 4 aromatic rings. The standard InChI is InChI=1S/C25H19F6N2O/c1-13(2)14-7-9-17-21(10-14)33(20-5-3-4-18(22(17)20)23(32)34)12-15-6-8-16(24(26,27)28)11-19(15)25(29,30)31/h3-8,10-11,13H,12H2,1-2H3,(H2,32,34). The molecule has 1 radical (unpaired) electrons. The molecular formula is C25H19F6N2O. The van der Waals surface area contributed by atoms with Crippen molar-refractivity contribution in [2.75, 3.05) is 0 Å². The number of benzene rings is 3. The van der Waals surface area contributed by atoms with Crippen LogP contribution >= 0.6 is 0 Å². The van der Waals surface area contributed by atoms with E-state index in [1.165, 1.54) is 6.07 Å². The largest absolute Gasteiger partial charge is 0.416 e. The van der Waals surface area contributed by atoms with Crippen LogP contribution in [0.3, 0.4) is 0 Å². The first-order valence-electron chi connectivity index (χ1n) is 10.3.